The summed E-state index contributed by atoms with van der Waals surface area (Å²) in [5.41, 5.74) is 1.41. The minimum Gasteiger partial charge on any atom is -0.493 e. The van der Waals surface area contributed by atoms with Crippen LogP contribution in [0.4, 0.5) is 0 Å². The molecule has 0 saturated heterocycles. The molecule has 148 valence electrons. The molecule has 0 aliphatic rings. The highest BCUT2D eigenvalue weighted by atomic mass is 35.5. The first-order valence-corrected chi connectivity index (χ1v) is 8.82. The SMILES string of the molecule is COc1cc(C=O)ccc1OCC(=O)OCC(=O)NCCc1cccc(Cl)c1. The van der Waals surface area contributed by atoms with E-state index in [1.165, 1.54) is 25.3 Å². The number of carbonyl (C=O) groups is 3. The summed E-state index contributed by atoms with van der Waals surface area (Å²) < 4.78 is 15.3. The van der Waals surface area contributed by atoms with Crippen molar-refractivity contribution in [3.05, 3.63) is 58.6 Å². The molecule has 1 N–H and O–H groups in total. The molecule has 0 heterocycles. The van der Waals surface area contributed by atoms with Gasteiger partial charge in [-0.05, 0) is 42.3 Å². The van der Waals surface area contributed by atoms with E-state index < -0.39 is 25.1 Å². The van der Waals surface area contributed by atoms with Gasteiger partial charge in [0.1, 0.15) is 6.29 Å². The molecule has 0 spiro atoms. The quantitative estimate of drug-likeness (QED) is 0.482. The predicted octanol–water partition coefficient (Wildman–Crippen LogP) is 2.44. The van der Waals surface area contributed by atoms with Crippen LogP contribution in [-0.2, 0) is 20.7 Å². The Labute approximate surface area is 167 Å². The Morgan fingerprint density at radius 1 is 1.11 bits per heavy atom. The lowest BCUT2D eigenvalue weighted by atomic mass is 10.1. The first-order valence-electron chi connectivity index (χ1n) is 8.44. The zero-order chi connectivity index (χ0) is 20.4. The molecule has 1 amide bonds. The standard InChI is InChI=1S/C20H20ClNO6/c1-26-18-10-15(11-23)5-6-17(18)27-13-20(25)28-12-19(24)22-8-7-14-3-2-4-16(21)9-14/h2-6,9-11H,7-8,12-13H2,1H3,(H,22,24). The highest BCUT2D eigenvalue weighted by Crippen LogP contribution is 2.27. The van der Waals surface area contributed by atoms with Gasteiger partial charge >= 0.3 is 5.97 Å². The van der Waals surface area contributed by atoms with E-state index in [0.29, 0.717) is 35.6 Å². The highest BCUT2D eigenvalue weighted by Gasteiger charge is 2.11. The summed E-state index contributed by atoms with van der Waals surface area (Å²) in [6, 6.07) is 11.9. The van der Waals surface area contributed by atoms with E-state index in [2.05, 4.69) is 5.32 Å². The molecule has 8 heteroatoms. The minimum atomic E-state index is -0.702. The average molecular weight is 406 g/mol. The van der Waals surface area contributed by atoms with E-state index in [9.17, 15) is 14.4 Å². The van der Waals surface area contributed by atoms with Crippen LogP contribution < -0.4 is 14.8 Å². The fourth-order valence-corrected chi connectivity index (χ4v) is 2.50. The molecule has 0 aliphatic heterocycles. The van der Waals surface area contributed by atoms with Crippen molar-refractivity contribution in [2.75, 3.05) is 26.9 Å². The van der Waals surface area contributed by atoms with Crippen LogP contribution in [0, 0.1) is 0 Å². The van der Waals surface area contributed by atoms with Crippen molar-refractivity contribution in [2.45, 2.75) is 6.42 Å². The first-order chi connectivity index (χ1) is 13.5. The van der Waals surface area contributed by atoms with Crippen molar-refractivity contribution in [1.29, 1.82) is 0 Å². The summed E-state index contributed by atoms with van der Waals surface area (Å²) in [4.78, 5) is 34.2. The minimum absolute atomic E-state index is 0.288. The topological polar surface area (TPSA) is 90.9 Å². The Bertz CT molecular complexity index is 839. The third-order valence-electron chi connectivity index (χ3n) is 3.66. The molecular weight excluding hydrogens is 386 g/mol. The molecule has 0 unspecified atom stereocenters. The fourth-order valence-electron chi connectivity index (χ4n) is 2.29. The van der Waals surface area contributed by atoms with Gasteiger partial charge in [-0.1, -0.05) is 23.7 Å². The van der Waals surface area contributed by atoms with Crippen LogP contribution in [0.1, 0.15) is 15.9 Å². The van der Waals surface area contributed by atoms with E-state index in [1.807, 2.05) is 18.2 Å². The molecule has 0 aliphatic carbocycles. The van der Waals surface area contributed by atoms with Crippen molar-refractivity contribution in [2.24, 2.45) is 0 Å². The summed E-state index contributed by atoms with van der Waals surface area (Å²) in [5, 5.41) is 3.29. The number of rotatable bonds is 10. The molecule has 0 fully saturated rings. The maximum Gasteiger partial charge on any atom is 0.344 e. The van der Waals surface area contributed by atoms with Crippen LogP contribution in [-0.4, -0.2) is 45.0 Å². The van der Waals surface area contributed by atoms with E-state index in [4.69, 9.17) is 25.8 Å². The third kappa shape index (κ3) is 6.92. The van der Waals surface area contributed by atoms with E-state index >= 15 is 0 Å². The Morgan fingerprint density at radius 3 is 2.64 bits per heavy atom. The molecule has 2 aromatic carbocycles. The van der Waals surface area contributed by atoms with Gasteiger partial charge in [-0.25, -0.2) is 4.79 Å². The maximum atomic E-state index is 11.7. The Balaban J connectivity index is 1.69. The Morgan fingerprint density at radius 2 is 1.93 bits per heavy atom. The van der Waals surface area contributed by atoms with Crippen molar-refractivity contribution >= 4 is 29.8 Å². The number of nitrogens with one attached hydrogen (secondary N) is 1. The summed E-state index contributed by atoms with van der Waals surface area (Å²) >= 11 is 5.90. The van der Waals surface area contributed by atoms with Gasteiger partial charge in [-0.3, -0.25) is 9.59 Å². The van der Waals surface area contributed by atoms with Crippen LogP contribution >= 0.6 is 11.6 Å². The molecule has 2 rings (SSSR count). The molecule has 0 aromatic heterocycles. The molecule has 0 saturated carbocycles. The van der Waals surface area contributed by atoms with Crippen LogP contribution in [0.3, 0.4) is 0 Å². The zero-order valence-corrected chi connectivity index (χ0v) is 16.0. The number of amides is 1. The van der Waals surface area contributed by atoms with Gasteiger partial charge in [0.05, 0.1) is 7.11 Å². The fraction of sp³-hybridized carbons (Fsp3) is 0.250. The number of ether oxygens (including phenoxy) is 3. The number of benzene rings is 2. The lowest BCUT2D eigenvalue weighted by Crippen LogP contribution is -2.31. The van der Waals surface area contributed by atoms with Crippen LogP contribution in [0.2, 0.25) is 5.02 Å². The number of carbonyl (C=O) groups excluding carboxylic acids is 3. The smallest absolute Gasteiger partial charge is 0.344 e. The van der Waals surface area contributed by atoms with Crippen LogP contribution in [0.5, 0.6) is 11.5 Å². The third-order valence-corrected chi connectivity index (χ3v) is 3.89. The lowest BCUT2D eigenvalue weighted by Gasteiger charge is -2.11. The number of hydrogen-bond acceptors (Lipinski definition) is 6. The molecule has 7 nitrogen and oxygen atoms in total. The van der Waals surface area contributed by atoms with Gasteiger partial charge in [0, 0.05) is 17.1 Å². The van der Waals surface area contributed by atoms with Crippen molar-refractivity contribution in [1.82, 2.24) is 5.32 Å². The molecule has 0 atom stereocenters. The van der Waals surface area contributed by atoms with E-state index in [-0.39, 0.29) is 5.75 Å². The number of methoxy groups -OCH3 is 1. The normalized spacial score (nSPS) is 10.1. The number of hydrogen-bond donors (Lipinski definition) is 1. The summed E-state index contributed by atoms with van der Waals surface area (Å²) in [5.74, 6) is -0.512. The Hall–Kier alpha value is -3.06. The number of halogens is 1. The van der Waals surface area contributed by atoms with Crippen LogP contribution in [0.25, 0.3) is 0 Å². The van der Waals surface area contributed by atoms with Gasteiger partial charge in [0.2, 0.25) is 0 Å². The monoisotopic (exact) mass is 405 g/mol. The second kappa shape index (κ2) is 10.9. The average Bonchev–Trinajstić information content (AvgIpc) is 2.70. The number of aldehydes is 1. The Kier molecular flexibility index (Phi) is 8.30. The van der Waals surface area contributed by atoms with Crippen molar-refractivity contribution in [3.63, 3.8) is 0 Å². The summed E-state index contributed by atoms with van der Waals surface area (Å²) in [6.45, 7) is -0.404. The first kappa shape index (κ1) is 21.2. The van der Waals surface area contributed by atoms with Gasteiger partial charge < -0.3 is 19.5 Å². The predicted molar refractivity (Wildman–Crippen MR) is 103 cm³/mol. The van der Waals surface area contributed by atoms with Gasteiger partial charge in [0.25, 0.3) is 5.91 Å². The van der Waals surface area contributed by atoms with Crippen molar-refractivity contribution in [3.8, 4) is 11.5 Å². The molecule has 0 bridgehead atoms. The van der Waals surface area contributed by atoms with E-state index in [1.54, 1.807) is 6.07 Å². The van der Waals surface area contributed by atoms with Gasteiger partial charge in [0.15, 0.2) is 24.7 Å². The largest absolute Gasteiger partial charge is 0.493 e. The molecule has 28 heavy (non-hydrogen) atoms. The summed E-state index contributed by atoms with van der Waals surface area (Å²) in [7, 11) is 1.42. The maximum absolute atomic E-state index is 11.7. The van der Waals surface area contributed by atoms with Gasteiger partial charge in [-0.2, -0.15) is 0 Å². The molecule has 0 radical (unpaired) electrons. The number of esters is 1. The van der Waals surface area contributed by atoms with Crippen LogP contribution in [0.15, 0.2) is 42.5 Å². The van der Waals surface area contributed by atoms with E-state index in [0.717, 1.165) is 5.56 Å². The second-order valence-electron chi connectivity index (χ2n) is 5.71. The van der Waals surface area contributed by atoms with Gasteiger partial charge in [-0.15, -0.1) is 0 Å². The molecular formula is C20H20ClNO6. The second-order valence-corrected chi connectivity index (χ2v) is 6.14. The highest BCUT2D eigenvalue weighted by molar-refractivity contribution is 6.30. The summed E-state index contributed by atoms with van der Waals surface area (Å²) in [6.07, 6.45) is 1.28. The lowest BCUT2D eigenvalue weighted by molar-refractivity contribution is -0.150. The zero-order valence-electron chi connectivity index (χ0n) is 15.3. The van der Waals surface area contributed by atoms with Crippen molar-refractivity contribution < 1.29 is 28.6 Å². The molecule has 2 aromatic rings.